The van der Waals surface area contributed by atoms with E-state index in [0.29, 0.717) is 0 Å². The molecule has 0 aliphatic rings. The van der Waals surface area contributed by atoms with Crippen molar-refractivity contribution in [2.75, 3.05) is 5.73 Å². The van der Waals surface area contributed by atoms with Gasteiger partial charge in [-0.15, -0.1) is 0 Å². The Morgan fingerprint density at radius 2 is 1.93 bits per heavy atom. The Kier molecular flexibility index (Phi) is 3.17. The average molecular weight is 192 g/mol. The highest BCUT2D eigenvalue weighted by atomic mass is 14.9. The van der Waals surface area contributed by atoms with E-state index in [1.54, 1.807) is 0 Å². The first kappa shape index (κ1) is 11.1. The second kappa shape index (κ2) is 4.01. The molecule has 0 aromatic heterocycles. The number of benzene rings is 1. The highest BCUT2D eigenvalue weighted by Crippen LogP contribution is 2.14. The van der Waals surface area contributed by atoms with Crippen molar-refractivity contribution in [3.8, 4) is 0 Å². The number of rotatable bonds is 2. The van der Waals surface area contributed by atoms with Gasteiger partial charge in [-0.05, 0) is 39.3 Å². The summed E-state index contributed by atoms with van der Waals surface area (Å²) in [6, 6.07) is 6.14. The molecule has 14 heavy (non-hydrogen) atoms. The van der Waals surface area contributed by atoms with Crippen molar-refractivity contribution in [1.82, 2.24) is 5.32 Å². The van der Waals surface area contributed by atoms with Crippen molar-refractivity contribution < 1.29 is 0 Å². The van der Waals surface area contributed by atoms with Gasteiger partial charge in [-0.2, -0.15) is 0 Å². The Bertz CT molecular complexity index is 311. The molecule has 0 unspecified atom stereocenters. The predicted molar refractivity (Wildman–Crippen MR) is 62.2 cm³/mol. The number of hydrogen-bond donors (Lipinski definition) is 2. The fourth-order valence-electron chi connectivity index (χ4n) is 1.25. The van der Waals surface area contributed by atoms with Crippen LogP contribution in [0.4, 0.5) is 5.69 Å². The van der Waals surface area contributed by atoms with Gasteiger partial charge in [-0.25, -0.2) is 0 Å². The molecule has 0 aliphatic heterocycles. The number of aryl methyl sites for hydroxylation is 1. The highest BCUT2D eigenvalue weighted by Gasteiger charge is 2.09. The summed E-state index contributed by atoms with van der Waals surface area (Å²) >= 11 is 0. The summed E-state index contributed by atoms with van der Waals surface area (Å²) in [5, 5.41) is 3.43. The molecule has 1 rings (SSSR count). The van der Waals surface area contributed by atoms with Crippen LogP contribution in [0.2, 0.25) is 0 Å². The minimum absolute atomic E-state index is 0.135. The van der Waals surface area contributed by atoms with E-state index in [-0.39, 0.29) is 5.54 Å². The van der Waals surface area contributed by atoms with Gasteiger partial charge in [0.1, 0.15) is 0 Å². The van der Waals surface area contributed by atoms with E-state index in [2.05, 4.69) is 39.1 Å². The maximum Gasteiger partial charge on any atom is 0.0359 e. The number of nitrogens with two attached hydrogens (primary N) is 1. The third kappa shape index (κ3) is 3.38. The van der Waals surface area contributed by atoms with Gasteiger partial charge >= 0.3 is 0 Å². The molecular weight excluding hydrogens is 172 g/mol. The predicted octanol–water partition coefficient (Wildman–Crippen LogP) is 2.47. The van der Waals surface area contributed by atoms with Crippen LogP contribution >= 0.6 is 0 Å². The van der Waals surface area contributed by atoms with Gasteiger partial charge in [0.25, 0.3) is 0 Å². The Labute approximate surface area is 86.5 Å². The molecular formula is C12H20N2. The Balaban J connectivity index is 2.72. The van der Waals surface area contributed by atoms with E-state index in [1.165, 1.54) is 11.1 Å². The molecule has 1 aromatic carbocycles. The van der Waals surface area contributed by atoms with E-state index in [1.807, 2.05) is 12.1 Å². The Morgan fingerprint density at radius 1 is 1.29 bits per heavy atom. The van der Waals surface area contributed by atoms with Crippen molar-refractivity contribution >= 4 is 5.69 Å². The first-order valence-electron chi connectivity index (χ1n) is 4.98. The van der Waals surface area contributed by atoms with E-state index >= 15 is 0 Å². The fraction of sp³-hybridized carbons (Fsp3) is 0.500. The smallest absolute Gasteiger partial charge is 0.0359 e. The van der Waals surface area contributed by atoms with Gasteiger partial charge < -0.3 is 11.1 Å². The first-order chi connectivity index (χ1) is 6.38. The SMILES string of the molecule is Cc1ccc(N)c(CNC(C)(C)C)c1. The summed E-state index contributed by atoms with van der Waals surface area (Å²) in [6.45, 7) is 9.37. The van der Waals surface area contributed by atoms with Crippen LogP contribution in [0.1, 0.15) is 31.9 Å². The van der Waals surface area contributed by atoms with Gasteiger partial charge in [-0.3, -0.25) is 0 Å². The molecule has 78 valence electrons. The number of hydrogen-bond acceptors (Lipinski definition) is 2. The van der Waals surface area contributed by atoms with Crippen LogP contribution in [0.3, 0.4) is 0 Å². The summed E-state index contributed by atoms with van der Waals surface area (Å²) in [5.74, 6) is 0. The molecule has 3 N–H and O–H groups in total. The van der Waals surface area contributed by atoms with Crippen LogP contribution in [-0.2, 0) is 6.54 Å². The van der Waals surface area contributed by atoms with E-state index in [9.17, 15) is 0 Å². The number of nitrogen functional groups attached to an aromatic ring is 1. The maximum atomic E-state index is 5.88. The topological polar surface area (TPSA) is 38.0 Å². The van der Waals surface area contributed by atoms with Crippen molar-refractivity contribution in [2.24, 2.45) is 0 Å². The Hall–Kier alpha value is -1.02. The monoisotopic (exact) mass is 192 g/mol. The molecule has 2 nitrogen and oxygen atoms in total. The molecule has 0 saturated heterocycles. The van der Waals surface area contributed by atoms with E-state index < -0.39 is 0 Å². The summed E-state index contributed by atoms with van der Waals surface area (Å²) in [4.78, 5) is 0. The molecule has 1 aromatic rings. The summed E-state index contributed by atoms with van der Waals surface area (Å²) in [7, 11) is 0. The minimum atomic E-state index is 0.135. The normalized spacial score (nSPS) is 11.7. The van der Waals surface area contributed by atoms with Crippen LogP contribution in [-0.4, -0.2) is 5.54 Å². The highest BCUT2D eigenvalue weighted by molar-refractivity contribution is 5.48. The summed E-state index contributed by atoms with van der Waals surface area (Å²) in [5.41, 5.74) is 9.32. The van der Waals surface area contributed by atoms with Crippen LogP contribution in [0, 0.1) is 6.92 Å². The van der Waals surface area contributed by atoms with Crippen molar-refractivity contribution in [3.05, 3.63) is 29.3 Å². The molecule has 0 amide bonds. The summed E-state index contributed by atoms with van der Waals surface area (Å²) < 4.78 is 0. The molecule has 2 heteroatoms. The van der Waals surface area contributed by atoms with Gasteiger partial charge in [0, 0.05) is 17.8 Å². The zero-order valence-electron chi connectivity index (χ0n) is 9.52. The van der Waals surface area contributed by atoms with Crippen LogP contribution in [0.15, 0.2) is 18.2 Å². The average Bonchev–Trinajstić information content (AvgIpc) is 2.05. The lowest BCUT2D eigenvalue weighted by molar-refractivity contribution is 0.424. The van der Waals surface area contributed by atoms with Gasteiger partial charge in [0.15, 0.2) is 0 Å². The second-order valence-electron chi connectivity index (χ2n) is 4.81. The maximum absolute atomic E-state index is 5.88. The molecule has 0 radical (unpaired) electrons. The first-order valence-corrected chi connectivity index (χ1v) is 4.98. The lowest BCUT2D eigenvalue weighted by Crippen LogP contribution is -2.35. The molecule has 0 saturated carbocycles. The van der Waals surface area contributed by atoms with Crippen molar-refractivity contribution in [1.29, 1.82) is 0 Å². The molecule has 0 fully saturated rings. The van der Waals surface area contributed by atoms with Gasteiger partial charge in [0.2, 0.25) is 0 Å². The van der Waals surface area contributed by atoms with Crippen LogP contribution in [0.25, 0.3) is 0 Å². The molecule has 0 spiro atoms. The lowest BCUT2D eigenvalue weighted by atomic mass is 10.1. The molecule has 0 aliphatic carbocycles. The van der Waals surface area contributed by atoms with Crippen molar-refractivity contribution in [3.63, 3.8) is 0 Å². The van der Waals surface area contributed by atoms with Crippen molar-refractivity contribution in [2.45, 2.75) is 39.8 Å². The molecule has 0 atom stereocenters. The largest absolute Gasteiger partial charge is 0.398 e. The third-order valence-corrected chi connectivity index (χ3v) is 2.11. The third-order valence-electron chi connectivity index (χ3n) is 2.11. The number of nitrogens with one attached hydrogen (secondary N) is 1. The van der Waals surface area contributed by atoms with Crippen LogP contribution < -0.4 is 11.1 Å². The van der Waals surface area contributed by atoms with E-state index in [0.717, 1.165) is 12.2 Å². The van der Waals surface area contributed by atoms with Crippen LogP contribution in [0.5, 0.6) is 0 Å². The standard InChI is InChI=1S/C12H20N2/c1-9-5-6-11(13)10(7-9)8-14-12(2,3)4/h5-7,14H,8,13H2,1-4H3. The quantitative estimate of drug-likeness (QED) is 0.706. The molecule has 0 bridgehead atoms. The Morgan fingerprint density at radius 3 is 2.50 bits per heavy atom. The number of anilines is 1. The summed E-state index contributed by atoms with van der Waals surface area (Å²) in [6.07, 6.45) is 0. The minimum Gasteiger partial charge on any atom is -0.398 e. The lowest BCUT2D eigenvalue weighted by Gasteiger charge is -2.21. The van der Waals surface area contributed by atoms with Gasteiger partial charge in [0.05, 0.1) is 0 Å². The fourth-order valence-corrected chi connectivity index (χ4v) is 1.25. The zero-order chi connectivity index (χ0) is 10.8. The zero-order valence-corrected chi connectivity index (χ0v) is 9.52. The molecule has 0 heterocycles. The van der Waals surface area contributed by atoms with Gasteiger partial charge in [-0.1, -0.05) is 17.7 Å². The van der Waals surface area contributed by atoms with E-state index in [4.69, 9.17) is 5.73 Å². The second-order valence-corrected chi connectivity index (χ2v) is 4.81.